The number of primary sulfonamides is 1. The lowest BCUT2D eigenvalue weighted by atomic mass is 10.1. The van der Waals surface area contributed by atoms with E-state index in [0.29, 0.717) is 23.6 Å². The van der Waals surface area contributed by atoms with Crippen molar-refractivity contribution in [2.45, 2.75) is 25.7 Å². The first-order valence-electron chi connectivity index (χ1n) is 5.63. The van der Waals surface area contributed by atoms with Crippen molar-refractivity contribution in [3.05, 3.63) is 29.3 Å². The van der Waals surface area contributed by atoms with Crippen LogP contribution in [0.2, 0.25) is 0 Å². The second kappa shape index (κ2) is 5.49. The van der Waals surface area contributed by atoms with Crippen molar-refractivity contribution in [3.63, 3.8) is 0 Å². The number of sulfonamides is 1. The van der Waals surface area contributed by atoms with Gasteiger partial charge in [0, 0.05) is 12.1 Å². The van der Waals surface area contributed by atoms with Crippen LogP contribution in [-0.4, -0.2) is 20.9 Å². The number of nitrogens with two attached hydrogens (primary N) is 1. The van der Waals surface area contributed by atoms with Gasteiger partial charge in [-0.1, -0.05) is 19.9 Å². The highest BCUT2D eigenvalue weighted by molar-refractivity contribution is 7.89. The molecule has 0 aliphatic rings. The van der Waals surface area contributed by atoms with Gasteiger partial charge in [-0.15, -0.1) is 0 Å². The SMILES string of the molecule is Cc1ccc(C(=O)NCC(C)C)cc1S(N)(=O)=O. The fourth-order valence-electron chi connectivity index (χ4n) is 1.45. The second-order valence-corrected chi connectivity index (χ2v) is 6.16. The van der Waals surface area contributed by atoms with Crippen LogP contribution < -0.4 is 10.5 Å². The lowest BCUT2D eigenvalue weighted by Gasteiger charge is -2.09. The molecule has 0 bridgehead atoms. The first-order valence-corrected chi connectivity index (χ1v) is 7.18. The molecule has 0 aliphatic heterocycles. The molecule has 1 aromatic carbocycles. The van der Waals surface area contributed by atoms with E-state index in [9.17, 15) is 13.2 Å². The van der Waals surface area contributed by atoms with Gasteiger partial charge in [0.15, 0.2) is 0 Å². The second-order valence-electron chi connectivity index (χ2n) is 4.63. The van der Waals surface area contributed by atoms with Gasteiger partial charge in [-0.2, -0.15) is 0 Å². The molecule has 0 unspecified atom stereocenters. The molecular weight excluding hydrogens is 252 g/mol. The van der Waals surface area contributed by atoms with Gasteiger partial charge in [-0.3, -0.25) is 4.79 Å². The van der Waals surface area contributed by atoms with E-state index in [1.165, 1.54) is 6.07 Å². The smallest absolute Gasteiger partial charge is 0.251 e. The van der Waals surface area contributed by atoms with Crippen LogP contribution in [-0.2, 0) is 10.0 Å². The summed E-state index contributed by atoms with van der Waals surface area (Å²) in [5.41, 5.74) is 0.822. The van der Waals surface area contributed by atoms with Crippen LogP contribution in [0.5, 0.6) is 0 Å². The van der Waals surface area contributed by atoms with Gasteiger partial charge in [0.05, 0.1) is 4.90 Å². The van der Waals surface area contributed by atoms with Crippen molar-refractivity contribution in [1.29, 1.82) is 0 Å². The van der Waals surface area contributed by atoms with Crippen molar-refractivity contribution in [3.8, 4) is 0 Å². The molecule has 3 N–H and O–H groups in total. The summed E-state index contributed by atoms with van der Waals surface area (Å²) >= 11 is 0. The normalized spacial score (nSPS) is 11.6. The molecule has 1 aromatic rings. The van der Waals surface area contributed by atoms with Crippen LogP contribution in [0.4, 0.5) is 0 Å². The molecule has 100 valence electrons. The van der Waals surface area contributed by atoms with E-state index in [2.05, 4.69) is 5.32 Å². The minimum atomic E-state index is -3.80. The lowest BCUT2D eigenvalue weighted by molar-refractivity contribution is 0.0949. The van der Waals surface area contributed by atoms with E-state index in [-0.39, 0.29) is 10.8 Å². The molecule has 1 rings (SSSR count). The zero-order valence-corrected chi connectivity index (χ0v) is 11.5. The molecule has 0 saturated carbocycles. The molecule has 0 atom stereocenters. The third-order valence-corrected chi connectivity index (χ3v) is 3.48. The molecule has 0 aliphatic carbocycles. The summed E-state index contributed by atoms with van der Waals surface area (Å²) in [6, 6.07) is 4.46. The standard InChI is InChI=1S/C12H18N2O3S/c1-8(2)7-14-12(15)10-5-4-9(3)11(6-10)18(13,16)17/h4-6,8H,7H2,1-3H3,(H,14,15)(H2,13,16,17). The number of nitrogens with one attached hydrogen (secondary N) is 1. The number of hydrogen-bond donors (Lipinski definition) is 2. The van der Waals surface area contributed by atoms with E-state index in [4.69, 9.17) is 5.14 Å². The summed E-state index contributed by atoms with van der Waals surface area (Å²) in [6.07, 6.45) is 0. The van der Waals surface area contributed by atoms with Gasteiger partial charge in [-0.05, 0) is 30.5 Å². The highest BCUT2D eigenvalue weighted by Gasteiger charge is 2.15. The zero-order chi connectivity index (χ0) is 13.9. The number of carbonyl (C=O) groups is 1. The molecule has 18 heavy (non-hydrogen) atoms. The predicted octanol–water partition coefficient (Wildman–Crippen LogP) is 1.03. The average molecular weight is 270 g/mol. The van der Waals surface area contributed by atoms with Crippen LogP contribution in [0.25, 0.3) is 0 Å². The summed E-state index contributed by atoms with van der Waals surface area (Å²) in [6.45, 7) is 6.13. The Morgan fingerprint density at radius 1 is 1.39 bits per heavy atom. The topological polar surface area (TPSA) is 89.3 Å². The molecule has 5 nitrogen and oxygen atoms in total. The van der Waals surface area contributed by atoms with Crippen molar-refractivity contribution in [1.82, 2.24) is 5.32 Å². The largest absolute Gasteiger partial charge is 0.352 e. The van der Waals surface area contributed by atoms with E-state index in [1.807, 2.05) is 13.8 Å². The number of amides is 1. The van der Waals surface area contributed by atoms with Crippen molar-refractivity contribution >= 4 is 15.9 Å². The summed E-state index contributed by atoms with van der Waals surface area (Å²) in [5, 5.41) is 7.81. The third-order valence-electron chi connectivity index (χ3n) is 2.43. The molecule has 6 heteroatoms. The minimum Gasteiger partial charge on any atom is -0.352 e. The first-order chi connectivity index (χ1) is 8.21. The summed E-state index contributed by atoms with van der Waals surface area (Å²) in [7, 11) is -3.80. The van der Waals surface area contributed by atoms with Crippen molar-refractivity contribution in [2.75, 3.05) is 6.54 Å². The zero-order valence-electron chi connectivity index (χ0n) is 10.7. The molecule has 0 saturated heterocycles. The summed E-state index contributed by atoms with van der Waals surface area (Å²) in [4.78, 5) is 11.8. The van der Waals surface area contributed by atoms with Crippen LogP contribution in [0.3, 0.4) is 0 Å². The fraction of sp³-hybridized carbons (Fsp3) is 0.417. The molecule has 1 amide bonds. The molecule has 0 aromatic heterocycles. The maximum Gasteiger partial charge on any atom is 0.251 e. The Morgan fingerprint density at radius 3 is 2.50 bits per heavy atom. The van der Waals surface area contributed by atoms with E-state index < -0.39 is 10.0 Å². The Bertz CT molecular complexity index is 550. The third kappa shape index (κ3) is 3.82. The fourth-order valence-corrected chi connectivity index (χ4v) is 2.25. The van der Waals surface area contributed by atoms with Gasteiger partial charge in [-0.25, -0.2) is 13.6 Å². The van der Waals surface area contributed by atoms with Gasteiger partial charge in [0.1, 0.15) is 0 Å². The van der Waals surface area contributed by atoms with Crippen LogP contribution in [0, 0.1) is 12.8 Å². The summed E-state index contributed by atoms with van der Waals surface area (Å²) in [5.74, 6) is 0.0331. The molecular formula is C12H18N2O3S. The van der Waals surface area contributed by atoms with Crippen molar-refractivity contribution in [2.24, 2.45) is 11.1 Å². The Morgan fingerprint density at radius 2 is 2.00 bits per heavy atom. The maximum absolute atomic E-state index is 11.8. The highest BCUT2D eigenvalue weighted by Crippen LogP contribution is 2.15. The Hall–Kier alpha value is -1.40. The minimum absolute atomic E-state index is 0.0142. The Kier molecular flexibility index (Phi) is 4.48. The molecule has 0 fully saturated rings. The van der Waals surface area contributed by atoms with Gasteiger partial charge in [0.2, 0.25) is 10.0 Å². The number of rotatable bonds is 4. The predicted molar refractivity (Wildman–Crippen MR) is 69.7 cm³/mol. The van der Waals surface area contributed by atoms with Crippen LogP contribution >= 0.6 is 0 Å². The van der Waals surface area contributed by atoms with Gasteiger partial charge < -0.3 is 5.32 Å². The number of carbonyl (C=O) groups excluding carboxylic acids is 1. The molecule has 0 spiro atoms. The van der Waals surface area contributed by atoms with E-state index in [1.54, 1.807) is 19.1 Å². The molecule has 0 radical (unpaired) electrons. The monoisotopic (exact) mass is 270 g/mol. The number of hydrogen-bond acceptors (Lipinski definition) is 3. The number of benzene rings is 1. The van der Waals surface area contributed by atoms with E-state index >= 15 is 0 Å². The van der Waals surface area contributed by atoms with E-state index in [0.717, 1.165) is 0 Å². The highest BCUT2D eigenvalue weighted by atomic mass is 32.2. The maximum atomic E-state index is 11.8. The molecule has 0 heterocycles. The van der Waals surface area contributed by atoms with Crippen LogP contribution in [0.15, 0.2) is 23.1 Å². The van der Waals surface area contributed by atoms with Crippen LogP contribution in [0.1, 0.15) is 29.8 Å². The Balaban J connectivity index is 3.02. The Labute approximate surface area is 107 Å². The average Bonchev–Trinajstić information content (AvgIpc) is 2.24. The van der Waals surface area contributed by atoms with Crippen molar-refractivity contribution < 1.29 is 13.2 Å². The quantitative estimate of drug-likeness (QED) is 0.856. The summed E-state index contributed by atoms with van der Waals surface area (Å²) < 4.78 is 22.7. The lowest BCUT2D eigenvalue weighted by Crippen LogP contribution is -2.27. The first kappa shape index (κ1) is 14.7. The van der Waals surface area contributed by atoms with Gasteiger partial charge in [0.25, 0.3) is 5.91 Å². The number of aryl methyl sites for hydroxylation is 1. The van der Waals surface area contributed by atoms with Gasteiger partial charge >= 0.3 is 0 Å².